The van der Waals surface area contributed by atoms with E-state index in [4.69, 9.17) is 5.26 Å². The molecule has 0 aliphatic carbocycles. The summed E-state index contributed by atoms with van der Waals surface area (Å²) in [6.45, 7) is 2.31. The van der Waals surface area contributed by atoms with Crippen LogP contribution in [-0.4, -0.2) is 43.5 Å². The first kappa shape index (κ1) is 13.0. The van der Waals surface area contributed by atoms with Crippen LogP contribution in [0.4, 0.5) is 5.00 Å². The van der Waals surface area contributed by atoms with Crippen molar-refractivity contribution in [3.8, 4) is 6.07 Å². The molecule has 1 amide bonds. The van der Waals surface area contributed by atoms with Gasteiger partial charge in [0.15, 0.2) is 0 Å². The van der Waals surface area contributed by atoms with Gasteiger partial charge in [-0.3, -0.25) is 9.69 Å². The summed E-state index contributed by atoms with van der Waals surface area (Å²) in [5.74, 6) is -0.0663. The van der Waals surface area contributed by atoms with Gasteiger partial charge in [0.25, 0.3) is 0 Å². The van der Waals surface area contributed by atoms with Crippen molar-refractivity contribution < 1.29 is 4.79 Å². The summed E-state index contributed by atoms with van der Waals surface area (Å²) in [5, 5.41) is 17.4. The van der Waals surface area contributed by atoms with Crippen LogP contribution in [0, 0.1) is 11.3 Å². The minimum atomic E-state index is -0.0663. The van der Waals surface area contributed by atoms with E-state index in [0.29, 0.717) is 23.2 Å². The van der Waals surface area contributed by atoms with Crippen LogP contribution in [0.5, 0.6) is 0 Å². The summed E-state index contributed by atoms with van der Waals surface area (Å²) in [6.07, 6.45) is 1.08. The molecule has 0 spiro atoms. The number of hydrogen-bond donors (Lipinski definition) is 2. The van der Waals surface area contributed by atoms with Crippen molar-refractivity contribution in [3.63, 3.8) is 0 Å². The Kier molecular flexibility index (Phi) is 4.31. The molecule has 5 nitrogen and oxygen atoms in total. The number of hydrogen-bond acceptors (Lipinski definition) is 5. The molecule has 6 heteroatoms. The maximum absolute atomic E-state index is 11.9. The molecule has 96 valence electrons. The van der Waals surface area contributed by atoms with Gasteiger partial charge in [0, 0.05) is 12.6 Å². The Hall–Kier alpha value is -1.42. The van der Waals surface area contributed by atoms with Gasteiger partial charge in [0.1, 0.15) is 11.1 Å². The van der Waals surface area contributed by atoms with Crippen molar-refractivity contribution in [1.29, 1.82) is 5.26 Å². The molecule has 1 aromatic rings. The fraction of sp³-hybridized carbons (Fsp3) is 0.500. The highest BCUT2D eigenvalue weighted by atomic mass is 32.1. The van der Waals surface area contributed by atoms with E-state index in [-0.39, 0.29) is 5.91 Å². The van der Waals surface area contributed by atoms with E-state index in [0.717, 1.165) is 19.5 Å². The fourth-order valence-electron chi connectivity index (χ4n) is 2.03. The van der Waals surface area contributed by atoms with Crippen molar-refractivity contribution >= 4 is 22.2 Å². The Balaban J connectivity index is 1.87. The molecule has 1 aliphatic rings. The number of carbonyl (C=O) groups excluding carboxylic acids is 1. The molecule has 0 saturated carbocycles. The molecule has 1 saturated heterocycles. The minimum absolute atomic E-state index is 0.0663. The molecular weight excluding hydrogens is 248 g/mol. The summed E-state index contributed by atoms with van der Waals surface area (Å²) >= 11 is 1.38. The highest BCUT2D eigenvalue weighted by Gasteiger charge is 2.21. The van der Waals surface area contributed by atoms with Crippen LogP contribution >= 0.6 is 11.3 Å². The number of anilines is 1. The zero-order chi connectivity index (χ0) is 13.0. The number of nitrogens with zero attached hydrogens (tertiary/aromatic N) is 2. The van der Waals surface area contributed by atoms with Crippen molar-refractivity contribution in [2.75, 3.05) is 32.0 Å². The molecule has 2 heterocycles. The Morgan fingerprint density at radius 2 is 2.61 bits per heavy atom. The van der Waals surface area contributed by atoms with Gasteiger partial charge in [0.05, 0.1) is 12.1 Å². The normalized spacial score (nSPS) is 18.8. The molecule has 2 N–H and O–H groups in total. The van der Waals surface area contributed by atoms with Crippen molar-refractivity contribution in [3.05, 3.63) is 17.0 Å². The van der Waals surface area contributed by atoms with E-state index in [1.807, 2.05) is 7.05 Å². The minimum Gasteiger partial charge on any atom is -0.315 e. The lowest BCUT2D eigenvalue weighted by Crippen LogP contribution is -2.39. The molecule has 1 fully saturated rings. The van der Waals surface area contributed by atoms with Crippen LogP contribution < -0.4 is 10.6 Å². The summed E-state index contributed by atoms with van der Waals surface area (Å²) in [7, 11) is 1.96. The molecule has 1 aromatic heterocycles. The first-order chi connectivity index (χ1) is 8.70. The second kappa shape index (κ2) is 5.96. The largest absolute Gasteiger partial charge is 0.315 e. The molecule has 1 unspecified atom stereocenters. The first-order valence-electron chi connectivity index (χ1n) is 5.89. The van der Waals surface area contributed by atoms with Gasteiger partial charge in [-0.15, -0.1) is 11.3 Å². The van der Waals surface area contributed by atoms with Crippen LogP contribution in [0.1, 0.15) is 12.0 Å². The van der Waals surface area contributed by atoms with Gasteiger partial charge in [0.2, 0.25) is 5.91 Å². The lowest BCUT2D eigenvalue weighted by molar-refractivity contribution is -0.117. The average Bonchev–Trinajstić information content (AvgIpc) is 2.98. The van der Waals surface area contributed by atoms with E-state index in [9.17, 15) is 4.79 Å². The molecule has 0 bridgehead atoms. The fourth-order valence-corrected chi connectivity index (χ4v) is 2.79. The molecular formula is C12H16N4OS. The monoisotopic (exact) mass is 264 g/mol. The Labute approximate surface area is 110 Å². The van der Waals surface area contributed by atoms with Crippen LogP contribution in [-0.2, 0) is 4.79 Å². The van der Waals surface area contributed by atoms with Gasteiger partial charge < -0.3 is 10.6 Å². The predicted molar refractivity (Wildman–Crippen MR) is 71.6 cm³/mol. The number of rotatable bonds is 4. The second-order valence-electron chi connectivity index (χ2n) is 4.39. The summed E-state index contributed by atoms with van der Waals surface area (Å²) < 4.78 is 0. The Bertz CT molecular complexity index is 459. The average molecular weight is 264 g/mol. The van der Waals surface area contributed by atoms with Crippen LogP contribution in [0.25, 0.3) is 0 Å². The van der Waals surface area contributed by atoms with Gasteiger partial charge in [-0.05, 0) is 31.5 Å². The van der Waals surface area contributed by atoms with E-state index >= 15 is 0 Å². The summed E-state index contributed by atoms with van der Waals surface area (Å²) in [5.41, 5.74) is 0.526. The smallest absolute Gasteiger partial charge is 0.239 e. The van der Waals surface area contributed by atoms with Gasteiger partial charge in [-0.2, -0.15) is 5.26 Å². The number of carbonyl (C=O) groups is 1. The third kappa shape index (κ3) is 3.07. The zero-order valence-corrected chi connectivity index (χ0v) is 11.1. The van der Waals surface area contributed by atoms with Crippen LogP contribution in [0.3, 0.4) is 0 Å². The van der Waals surface area contributed by atoms with Crippen molar-refractivity contribution in [2.24, 2.45) is 0 Å². The highest BCUT2D eigenvalue weighted by Crippen LogP contribution is 2.22. The summed E-state index contributed by atoms with van der Waals surface area (Å²) in [4.78, 5) is 13.9. The number of nitriles is 1. The second-order valence-corrected chi connectivity index (χ2v) is 5.30. The molecule has 0 radical (unpaired) electrons. The lowest BCUT2D eigenvalue weighted by atomic mass is 10.2. The zero-order valence-electron chi connectivity index (χ0n) is 10.3. The Morgan fingerprint density at radius 3 is 3.28 bits per heavy atom. The van der Waals surface area contributed by atoms with Crippen LogP contribution in [0.15, 0.2) is 11.4 Å². The quantitative estimate of drug-likeness (QED) is 0.846. The third-order valence-electron chi connectivity index (χ3n) is 3.09. The van der Waals surface area contributed by atoms with Gasteiger partial charge in [-0.25, -0.2) is 0 Å². The topological polar surface area (TPSA) is 68.2 Å². The molecule has 1 aliphatic heterocycles. The maximum Gasteiger partial charge on any atom is 0.239 e. The SMILES string of the molecule is CN(CC(=O)Nc1sccc1C#N)C1CCNC1. The first-order valence-corrected chi connectivity index (χ1v) is 6.77. The molecule has 0 aromatic carbocycles. The van der Waals surface area contributed by atoms with E-state index in [1.165, 1.54) is 11.3 Å². The van der Waals surface area contributed by atoms with E-state index in [1.54, 1.807) is 11.4 Å². The number of nitrogens with one attached hydrogen (secondary N) is 2. The maximum atomic E-state index is 11.9. The van der Waals surface area contributed by atoms with E-state index < -0.39 is 0 Å². The Morgan fingerprint density at radius 1 is 1.78 bits per heavy atom. The van der Waals surface area contributed by atoms with Gasteiger partial charge >= 0.3 is 0 Å². The van der Waals surface area contributed by atoms with Gasteiger partial charge in [-0.1, -0.05) is 0 Å². The molecule has 2 rings (SSSR count). The standard InChI is InChI=1S/C12H16N4OS/c1-16(10-2-4-14-7-10)8-11(17)15-12-9(6-13)3-5-18-12/h3,5,10,14H,2,4,7-8H2,1H3,(H,15,17). The molecule has 1 atom stereocenters. The van der Waals surface area contributed by atoms with Crippen LogP contribution in [0.2, 0.25) is 0 Å². The van der Waals surface area contributed by atoms with Crippen molar-refractivity contribution in [1.82, 2.24) is 10.2 Å². The number of amides is 1. The highest BCUT2D eigenvalue weighted by molar-refractivity contribution is 7.14. The third-order valence-corrected chi connectivity index (χ3v) is 3.92. The van der Waals surface area contributed by atoms with E-state index in [2.05, 4.69) is 21.6 Å². The van der Waals surface area contributed by atoms with Crippen molar-refractivity contribution in [2.45, 2.75) is 12.5 Å². The molecule has 18 heavy (non-hydrogen) atoms. The summed E-state index contributed by atoms with van der Waals surface area (Å²) in [6, 6.07) is 4.20. The lowest BCUT2D eigenvalue weighted by Gasteiger charge is -2.22. The number of thiophene rings is 1. The predicted octanol–water partition coefficient (Wildman–Crippen LogP) is 0.852. The number of likely N-dealkylation sites (N-methyl/N-ethyl adjacent to an activating group) is 1.